The summed E-state index contributed by atoms with van der Waals surface area (Å²) >= 11 is 0. The number of ether oxygens (including phenoxy) is 2. The summed E-state index contributed by atoms with van der Waals surface area (Å²) < 4.78 is 11.1. The second-order valence-electron chi connectivity index (χ2n) is 4.58. The van der Waals surface area contributed by atoms with Gasteiger partial charge in [0.05, 0.1) is 19.3 Å². The Morgan fingerprint density at radius 3 is 2.37 bits per heavy atom. The van der Waals surface area contributed by atoms with Crippen LogP contribution in [-0.2, 0) is 4.74 Å². The summed E-state index contributed by atoms with van der Waals surface area (Å²) in [6.45, 7) is 9.56. The molecule has 0 bridgehead atoms. The van der Waals surface area contributed by atoms with Gasteiger partial charge in [0, 0.05) is 6.61 Å². The van der Waals surface area contributed by atoms with E-state index in [1.54, 1.807) is 0 Å². The first-order valence-corrected chi connectivity index (χ1v) is 7.35. The van der Waals surface area contributed by atoms with Gasteiger partial charge >= 0.3 is 0 Å². The second kappa shape index (κ2) is 9.82. The predicted molar refractivity (Wildman–Crippen MR) is 79.8 cm³/mol. The highest BCUT2D eigenvalue weighted by atomic mass is 16.5. The lowest BCUT2D eigenvalue weighted by Crippen LogP contribution is -2.26. The van der Waals surface area contributed by atoms with Gasteiger partial charge in [-0.25, -0.2) is 0 Å². The van der Waals surface area contributed by atoms with Crippen LogP contribution in [0, 0.1) is 0 Å². The van der Waals surface area contributed by atoms with Gasteiger partial charge in [-0.15, -0.1) is 0 Å². The highest BCUT2D eigenvalue weighted by Gasteiger charge is 2.10. The fourth-order valence-corrected chi connectivity index (χ4v) is 1.90. The maximum absolute atomic E-state index is 5.68. The van der Waals surface area contributed by atoms with Gasteiger partial charge in [-0.3, -0.25) is 0 Å². The number of rotatable bonds is 10. The zero-order valence-electron chi connectivity index (χ0n) is 12.4. The summed E-state index contributed by atoms with van der Waals surface area (Å²) in [5.41, 5.74) is 1.26. The van der Waals surface area contributed by atoms with E-state index < -0.39 is 0 Å². The zero-order valence-corrected chi connectivity index (χ0v) is 12.4. The lowest BCUT2D eigenvalue weighted by atomic mass is 10.1. The Kier molecular flexibility index (Phi) is 8.26. The third-order valence-corrected chi connectivity index (χ3v) is 2.87. The molecule has 0 aliphatic heterocycles. The molecule has 0 aliphatic rings. The van der Waals surface area contributed by atoms with Crippen molar-refractivity contribution in [2.45, 2.75) is 39.7 Å². The molecule has 3 heteroatoms. The first-order chi connectivity index (χ1) is 9.31. The SMILES string of the molecule is CCCNC(COCCC)c1ccc(OCC)cc1. The number of hydrogen-bond acceptors (Lipinski definition) is 3. The van der Waals surface area contributed by atoms with Crippen LogP contribution in [0.3, 0.4) is 0 Å². The third kappa shape index (κ3) is 6.08. The van der Waals surface area contributed by atoms with Crippen LogP contribution in [0.4, 0.5) is 0 Å². The summed E-state index contributed by atoms with van der Waals surface area (Å²) in [5, 5.41) is 3.53. The van der Waals surface area contributed by atoms with Crippen LogP contribution in [0.25, 0.3) is 0 Å². The van der Waals surface area contributed by atoms with E-state index in [0.29, 0.717) is 6.61 Å². The van der Waals surface area contributed by atoms with Crippen molar-refractivity contribution in [3.63, 3.8) is 0 Å². The number of hydrogen-bond donors (Lipinski definition) is 1. The summed E-state index contributed by atoms with van der Waals surface area (Å²) in [7, 11) is 0. The summed E-state index contributed by atoms with van der Waals surface area (Å²) in [6, 6.07) is 8.56. The first kappa shape index (κ1) is 16.0. The summed E-state index contributed by atoms with van der Waals surface area (Å²) in [4.78, 5) is 0. The molecule has 0 radical (unpaired) electrons. The van der Waals surface area contributed by atoms with Crippen molar-refractivity contribution in [2.75, 3.05) is 26.4 Å². The Bertz CT molecular complexity index is 324. The molecule has 108 valence electrons. The molecule has 0 saturated carbocycles. The lowest BCUT2D eigenvalue weighted by molar-refractivity contribution is 0.112. The molecule has 1 N–H and O–H groups in total. The molecule has 1 unspecified atom stereocenters. The summed E-state index contributed by atoms with van der Waals surface area (Å²) in [5.74, 6) is 0.926. The molecule has 0 heterocycles. The fraction of sp³-hybridized carbons (Fsp3) is 0.625. The number of benzene rings is 1. The standard InChI is InChI=1S/C16H27NO2/c1-4-11-17-16(13-18-12-5-2)14-7-9-15(10-8-14)19-6-3/h7-10,16-17H,4-6,11-13H2,1-3H3. The van der Waals surface area contributed by atoms with Gasteiger partial charge in [-0.2, -0.15) is 0 Å². The molecule has 19 heavy (non-hydrogen) atoms. The van der Waals surface area contributed by atoms with E-state index in [2.05, 4.69) is 31.3 Å². The van der Waals surface area contributed by atoms with E-state index in [0.717, 1.165) is 38.3 Å². The van der Waals surface area contributed by atoms with Crippen LogP contribution >= 0.6 is 0 Å². The summed E-state index contributed by atoms with van der Waals surface area (Å²) in [6.07, 6.45) is 2.19. The maximum Gasteiger partial charge on any atom is 0.119 e. The van der Waals surface area contributed by atoms with Gasteiger partial charge in [-0.05, 0) is 44.0 Å². The van der Waals surface area contributed by atoms with Crippen molar-refractivity contribution < 1.29 is 9.47 Å². The van der Waals surface area contributed by atoms with Crippen LogP contribution in [-0.4, -0.2) is 26.4 Å². The fourth-order valence-electron chi connectivity index (χ4n) is 1.90. The van der Waals surface area contributed by atoms with Crippen molar-refractivity contribution in [1.29, 1.82) is 0 Å². The van der Waals surface area contributed by atoms with Crippen molar-refractivity contribution in [3.05, 3.63) is 29.8 Å². The molecule has 0 spiro atoms. The van der Waals surface area contributed by atoms with Crippen LogP contribution in [0.1, 0.15) is 45.2 Å². The van der Waals surface area contributed by atoms with Gasteiger partial charge < -0.3 is 14.8 Å². The van der Waals surface area contributed by atoms with Gasteiger partial charge in [-0.1, -0.05) is 26.0 Å². The molecule has 1 aromatic carbocycles. The Morgan fingerprint density at radius 2 is 1.79 bits per heavy atom. The molecule has 0 fully saturated rings. The van der Waals surface area contributed by atoms with Gasteiger partial charge in [0.2, 0.25) is 0 Å². The third-order valence-electron chi connectivity index (χ3n) is 2.87. The van der Waals surface area contributed by atoms with Crippen molar-refractivity contribution in [2.24, 2.45) is 0 Å². The molecule has 1 atom stereocenters. The van der Waals surface area contributed by atoms with Crippen LogP contribution in [0.15, 0.2) is 24.3 Å². The maximum atomic E-state index is 5.68. The quantitative estimate of drug-likeness (QED) is 0.656. The van der Waals surface area contributed by atoms with Gasteiger partial charge in [0.15, 0.2) is 0 Å². The van der Waals surface area contributed by atoms with E-state index in [4.69, 9.17) is 9.47 Å². The lowest BCUT2D eigenvalue weighted by Gasteiger charge is -2.19. The van der Waals surface area contributed by atoms with Crippen LogP contribution in [0.2, 0.25) is 0 Å². The van der Waals surface area contributed by atoms with Gasteiger partial charge in [0.1, 0.15) is 5.75 Å². The van der Waals surface area contributed by atoms with Crippen LogP contribution in [0.5, 0.6) is 5.75 Å². The average Bonchev–Trinajstić information content (AvgIpc) is 2.44. The Morgan fingerprint density at radius 1 is 1.05 bits per heavy atom. The minimum Gasteiger partial charge on any atom is -0.494 e. The topological polar surface area (TPSA) is 30.5 Å². The van der Waals surface area contributed by atoms with Crippen molar-refractivity contribution in [1.82, 2.24) is 5.32 Å². The monoisotopic (exact) mass is 265 g/mol. The molecule has 1 aromatic rings. The molecule has 1 rings (SSSR count). The van der Waals surface area contributed by atoms with E-state index >= 15 is 0 Å². The normalized spacial score (nSPS) is 12.4. The Hall–Kier alpha value is -1.06. The molecule has 0 saturated heterocycles. The predicted octanol–water partition coefficient (Wildman–Crippen LogP) is 3.55. The van der Waals surface area contributed by atoms with Crippen molar-refractivity contribution >= 4 is 0 Å². The highest BCUT2D eigenvalue weighted by molar-refractivity contribution is 5.29. The first-order valence-electron chi connectivity index (χ1n) is 7.35. The Balaban J connectivity index is 2.60. The van der Waals surface area contributed by atoms with Gasteiger partial charge in [0.25, 0.3) is 0 Å². The molecular formula is C16H27NO2. The minimum atomic E-state index is 0.266. The zero-order chi connectivity index (χ0) is 13.9. The van der Waals surface area contributed by atoms with Crippen LogP contribution < -0.4 is 10.1 Å². The molecule has 0 amide bonds. The Labute approximate surface area is 117 Å². The molecule has 0 aromatic heterocycles. The van der Waals surface area contributed by atoms with E-state index in [1.807, 2.05) is 19.1 Å². The number of nitrogens with one attached hydrogen (secondary N) is 1. The smallest absolute Gasteiger partial charge is 0.119 e. The van der Waals surface area contributed by atoms with E-state index in [-0.39, 0.29) is 6.04 Å². The largest absolute Gasteiger partial charge is 0.494 e. The van der Waals surface area contributed by atoms with Crippen molar-refractivity contribution in [3.8, 4) is 5.75 Å². The minimum absolute atomic E-state index is 0.266. The second-order valence-corrected chi connectivity index (χ2v) is 4.58. The van der Waals surface area contributed by atoms with E-state index in [9.17, 15) is 0 Å². The average molecular weight is 265 g/mol. The molecule has 3 nitrogen and oxygen atoms in total. The molecule has 0 aliphatic carbocycles. The van der Waals surface area contributed by atoms with E-state index in [1.165, 1.54) is 5.56 Å². The molecular weight excluding hydrogens is 238 g/mol. The highest BCUT2D eigenvalue weighted by Crippen LogP contribution is 2.18.